The quantitative estimate of drug-likeness (QED) is 0.410. The second kappa shape index (κ2) is 8.56. The van der Waals surface area contributed by atoms with E-state index in [1.54, 1.807) is 0 Å². The summed E-state index contributed by atoms with van der Waals surface area (Å²) in [5.74, 6) is 0.266. The third kappa shape index (κ3) is 3.56. The average molecular weight is 503 g/mol. The summed E-state index contributed by atoms with van der Waals surface area (Å²) in [5, 5.41) is 11.1. The summed E-state index contributed by atoms with van der Waals surface area (Å²) in [6, 6.07) is 0. The fourth-order valence-electron chi connectivity index (χ4n) is 10.5. The zero-order valence-electron chi connectivity index (χ0n) is 23.3. The van der Waals surface area contributed by atoms with Crippen LogP contribution in [0.4, 0.5) is 0 Å². The number of hydrogen-bond acceptors (Lipinski definition) is 6. The zero-order chi connectivity index (χ0) is 26.3. The highest BCUT2D eigenvalue weighted by Gasteiger charge is 2.71. The van der Waals surface area contributed by atoms with E-state index in [0.717, 1.165) is 44.1 Å². The molecule has 202 valence electrons. The first kappa shape index (κ1) is 26.2. The lowest BCUT2D eigenvalue weighted by molar-refractivity contribution is -0.263. The van der Waals surface area contributed by atoms with Gasteiger partial charge in [-0.15, -0.1) is 0 Å². The van der Waals surface area contributed by atoms with E-state index in [1.807, 2.05) is 6.92 Å². The molecule has 4 fully saturated rings. The van der Waals surface area contributed by atoms with E-state index >= 15 is 0 Å². The Morgan fingerprint density at radius 2 is 1.78 bits per heavy atom. The number of rotatable bonds is 3. The van der Waals surface area contributed by atoms with Gasteiger partial charge in [0.15, 0.2) is 6.29 Å². The molecule has 6 heteroatoms. The maximum atomic E-state index is 12.5. The number of allylic oxidation sites excluding steroid dienone is 1. The van der Waals surface area contributed by atoms with Crippen LogP contribution in [-0.2, 0) is 23.8 Å². The van der Waals surface area contributed by atoms with Crippen molar-refractivity contribution in [2.75, 3.05) is 6.61 Å². The Labute approximate surface area is 216 Å². The van der Waals surface area contributed by atoms with Gasteiger partial charge in [-0.3, -0.25) is 9.59 Å². The Bertz CT molecular complexity index is 955. The highest BCUT2D eigenvalue weighted by Crippen LogP contribution is 2.74. The molecule has 1 aliphatic heterocycles. The number of carbonyl (C=O) groups excluding carboxylic acids is 2. The Morgan fingerprint density at radius 3 is 2.44 bits per heavy atom. The molecular weight excluding hydrogens is 456 g/mol. The molecule has 0 spiro atoms. The molecule has 0 aromatic rings. The van der Waals surface area contributed by atoms with E-state index < -0.39 is 11.7 Å². The monoisotopic (exact) mass is 502 g/mol. The van der Waals surface area contributed by atoms with E-state index in [0.29, 0.717) is 12.5 Å². The molecule has 3 saturated carbocycles. The number of aliphatic hydroxyl groups excluding tert-OH is 1. The first-order valence-corrected chi connectivity index (χ1v) is 14.1. The maximum absolute atomic E-state index is 12.5. The largest absolute Gasteiger partial charge is 0.465 e. The maximum Gasteiger partial charge on any atom is 0.302 e. The summed E-state index contributed by atoms with van der Waals surface area (Å²) in [6.07, 6.45) is 8.16. The summed E-state index contributed by atoms with van der Waals surface area (Å²) >= 11 is 0. The molecule has 10 atom stereocenters. The number of ether oxygens (including phenoxy) is 3. The second-order valence-corrected chi connectivity index (χ2v) is 13.8. The average Bonchev–Trinajstić information content (AvgIpc) is 3.07. The van der Waals surface area contributed by atoms with E-state index in [9.17, 15) is 14.7 Å². The van der Waals surface area contributed by atoms with Crippen molar-refractivity contribution in [3.8, 4) is 0 Å². The lowest BCUT2D eigenvalue weighted by atomic mass is 9.34. The molecule has 6 nitrogen and oxygen atoms in total. The van der Waals surface area contributed by atoms with Crippen molar-refractivity contribution in [2.45, 2.75) is 112 Å². The van der Waals surface area contributed by atoms with Crippen LogP contribution in [0.25, 0.3) is 0 Å². The minimum atomic E-state index is -0.891. The van der Waals surface area contributed by atoms with Crippen molar-refractivity contribution in [1.29, 1.82) is 0 Å². The predicted molar refractivity (Wildman–Crippen MR) is 136 cm³/mol. The highest BCUT2D eigenvalue weighted by atomic mass is 16.6. The molecule has 0 aromatic heterocycles. The van der Waals surface area contributed by atoms with E-state index in [1.165, 1.54) is 20.3 Å². The van der Waals surface area contributed by atoms with Crippen LogP contribution in [0.15, 0.2) is 11.6 Å². The Hall–Kier alpha value is -1.40. The van der Waals surface area contributed by atoms with Crippen LogP contribution in [0.1, 0.15) is 93.4 Å². The first-order valence-electron chi connectivity index (χ1n) is 14.1. The molecule has 1 N–H and O–H groups in total. The molecular formula is C30H46O6. The van der Waals surface area contributed by atoms with Gasteiger partial charge in [0.05, 0.1) is 12.7 Å². The van der Waals surface area contributed by atoms with Crippen LogP contribution in [-0.4, -0.2) is 42.1 Å². The van der Waals surface area contributed by atoms with Gasteiger partial charge in [0, 0.05) is 30.6 Å². The molecule has 0 amide bonds. The van der Waals surface area contributed by atoms with Crippen molar-refractivity contribution >= 4 is 11.9 Å². The fraction of sp³-hybridized carbons (Fsp3) is 0.867. The SMILES string of the molecule is CC(=O)OC[C@]12CCCC(C)(C)[C@@H]1CC[C@]1(C)[C@@H]2C[C@H](OC(C)=O)[C@]2(C)[C@@H]3C(=CC[C@@H]12)[C@H](C)O[C@H]3O. The van der Waals surface area contributed by atoms with Gasteiger partial charge in [0.1, 0.15) is 6.10 Å². The van der Waals surface area contributed by atoms with Gasteiger partial charge in [-0.25, -0.2) is 0 Å². The normalized spacial score (nSPS) is 49.0. The van der Waals surface area contributed by atoms with E-state index in [4.69, 9.17) is 14.2 Å². The minimum Gasteiger partial charge on any atom is -0.465 e. The van der Waals surface area contributed by atoms with Crippen LogP contribution < -0.4 is 0 Å². The van der Waals surface area contributed by atoms with Crippen molar-refractivity contribution in [2.24, 2.45) is 45.3 Å². The molecule has 5 aliphatic rings. The lowest BCUT2D eigenvalue weighted by Gasteiger charge is -2.71. The van der Waals surface area contributed by atoms with Crippen LogP contribution in [0.2, 0.25) is 0 Å². The van der Waals surface area contributed by atoms with Crippen LogP contribution in [0, 0.1) is 45.3 Å². The minimum absolute atomic E-state index is 0.0248. The van der Waals surface area contributed by atoms with Crippen molar-refractivity contribution in [1.82, 2.24) is 0 Å². The zero-order valence-corrected chi connectivity index (χ0v) is 23.3. The fourth-order valence-corrected chi connectivity index (χ4v) is 10.5. The predicted octanol–water partition coefficient (Wildman–Crippen LogP) is 5.42. The number of fused-ring (bicyclic) bond motifs is 7. The lowest BCUT2D eigenvalue weighted by Crippen LogP contribution is -2.68. The molecule has 0 bridgehead atoms. The van der Waals surface area contributed by atoms with E-state index in [2.05, 4.69) is 33.8 Å². The van der Waals surface area contributed by atoms with Crippen LogP contribution >= 0.6 is 0 Å². The van der Waals surface area contributed by atoms with Gasteiger partial charge in [0.25, 0.3) is 0 Å². The van der Waals surface area contributed by atoms with Crippen molar-refractivity contribution in [3.05, 3.63) is 11.6 Å². The molecule has 4 aliphatic carbocycles. The molecule has 5 rings (SSSR count). The van der Waals surface area contributed by atoms with Gasteiger partial charge < -0.3 is 19.3 Å². The van der Waals surface area contributed by atoms with Crippen LogP contribution in [0.5, 0.6) is 0 Å². The van der Waals surface area contributed by atoms with Gasteiger partial charge in [-0.05, 0) is 79.6 Å². The third-order valence-electron chi connectivity index (χ3n) is 11.8. The third-order valence-corrected chi connectivity index (χ3v) is 11.8. The van der Waals surface area contributed by atoms with E-state index in [-0.39, 0.29) is 58.1 Å². The van der Waals surface area contributed by atoms with Crippen LogP contribution in [0.3, 0.4) is 0 Å². The van der Waals surface area contributed by atoms with Gasteiger partial charge in [0.2, 0.25) is 0 Å². The number of esters is 2. The smallest absolute Gasteiger partial charge is 0.302 e. The van der Waals surface area contributed by atoms with Gasteiger partial charge in [-0.1, -0.05) is 40.2 Å². The molecule has 36 heavy (non-hydrogen) atoms. The standard InChI is InChI=1S/C30H46O6/c1-17-20-9-10-22-28(6)14-11-21-27(4,5)12-8-13-30(21,16-34-18(2)31)23(28)15-24(36-19(3)32)29(22,7)25(20)26(33)35-17/h9,17,21-26,33H,8,10-16H2,1-7H3/t17-,21-,22-,23-,24-,25+,26+,28-,29+,30+/m0/s1. The summed E-state index contributed by atoms with van der Waals surface area (Å²) < 4.78 is 18.0. The van der Waals surface area contributed by atoms with Crippen molar-refractivity contribution in [3.63, 3.8) is 0 Å². The molecule has 1 heterocycles. The summed E-state index contributed by atoms with van der Waals surface area (Å²) in [6.45, 7) is 14.9. The highest BCUT2D eigenvalue weighted by molar-refractivity contribution is 5.66. The second-order valence-electron chi connectivity index (χ2n) is 13.8. The summed E-state index contributed by atoms with van der Waals surface area (Å²) in [4.78, 5) is 24.6. The molecule has 0 aromatic carbocycles. The first-order chi connectivity index (χ1) is 16.8. The number of aliphatic hydroxyl groups is 1. The summed E-state index contributed by atoms with van der Waals surface area (Å²) in [5.41, 5.74) is 0.737. The van der Waals surface area contributed by atoms with Crippen molar-refractivity contribution < 1.29 is 28.9 Å². The molecule has 0 radical (unpaired) electrons. The Balaban J connectivity index is 1.65. The van der Waals surface area contributed by atoms with Gasteiger partial charge >= 0.3 is 11.9 Å². The number of carbonyl (C=O) groups is 2. The van der Waals surface area contributed by atoms with Gasteiger partial charge in [-0.2, -0.15) is 0 Å². The molecule has 1 saturated heterocycles. The Kier molecular flexibility index (Phi) is 6.23. The summed E-state index contributed by atoms with van der Waals surface area (Å²) in [7, 11) is 0. The number of hydrogen-bond donors (Lipinski definition) is 1. The molecule has 0 unspecified atom stereocenters. The Morgan fingerprint density at radius 1 is 1.06 bits per heavy atom. The topological polar surface area (TPSA) is 82.1 Å².